The number of sulfonamides is 1. The molecular weight excluding hydrogens is 246 g/mol. The molecule has 1 N–H and O–H groups in total. The van der Waals surface area contributed by atoms with Crippen LogP contribution in [0.2, 0.25) is 0 Å². The summed E-state index contributed by atoms with van der Waals surface area (Å²) in [6, 6.07) is 8.39. The number of hydrogen-bond donors (Lipinski definition) is 1. The average molecular weight is 260 g/mol. The Hall–Kier alpha value is -0.580. The van der Waals surface area contributed by atoms with Gasteiger partial charge in [0.25, 0.3) is 0 Å². The lowest BCUT2D eigenvalue weighted by Crippen LogP contribution is -2.31. The summed E-state index contributed by atoms with van der Waals surface area (Å²) in [5.74, 6) is 0.518. The van der Waals surface area contributed by atoms with Crippen LogP contribution in [-0.2, 0) is 10.0 Å². The summed E-state index contributed by atoms with van der Waals surface area (Å²) in [6.45, 7) is 0.438. The zero-order valence-electron chi connectivity index (χ0n) is 8.82. The Morgan fingerprint density at radius 2 is 1.88 bits per heavy atom. The van der Waals surface area contributed by atoms with Crippen LogP contribution in [0, 0.1) is 5.41 Å². The third-order valence-corrected chi connectivity index (χ3v) is 4.92. The molecule has 2 rings (SSSR count). The third-order valence-electron chi connectivity index (χ3n) is 2.93. The van der Waals surface area contributed by atoms with E-state index in [1.807, 2.05) is 0 Å². The van der Waals surface area contributed by atoms with Crippen molar-refractivity contribution in [1.82, 2.24) is 4.72 Å². The summed E-state index contributed by atoms with van der Waals surface area (Å²) in [5, 5.41) is 0. The van der Waals surface area contributed by atoms with E-state index in [9.17, 15) is 8.42 Å². The van der Waals surface area contributed by atoms with Crippen molar-refractivity contribution in [3.8, 4) is 0 Å². The van der Waals surface area contributed by atoms with Crippen LogP contribution in [0.5, 0.6) is 0 Å². The number of rotatable bonds is 5. The predicted octanol–water partition coefficient (Wildman–Crippen LogP) is 1.98. The van der Waals surface area contributed by atoms with E-state index in [1.54, 1.807) is 30.3 Å². The standard InChI is InChI=1S/C11H14ClNO2S/c12-8-11(6-7-11)9-13-16(14,15)10-4-2-1-3-5-10/h1-5,13H,6-9H2. The van der Waals surface area contributed by atoms with Crippen LogP contribution in [0.3, 0.4) is 0 Å². The van der Waals surface area contributed by atoms with Crippen molar-refractivity contribution in [2.75, 3.05) is 12.4 Å². The van der Waals surface area contributed by atoms with Crippen molar-refractivity contribution in [1.29, 1.82) is 0 Å². The van der Waals surface area contributed by atoms with Crippen LogP contribution >= 0.6 is 11.6 Å². The molecule has 1 fully saturated rings. The first-order valence-electron chi connectivity index (χ1n) is 5.19. The van der Waals surface area contributed by atoms with Crippen LogP contribution < -0.4 is 4.72 Å². The minimum absolute atomic E-state index is 0.00338. The normalized spacial score (nSPS) is 18.3. The maximum absolute atomic E-state index is 11.9. The number of alkyl halides is 1. The highest BCUT2D eigenvalue weighted by molar-refractivity contribution is 7.89. The molecule has 0 heterocycles. The molecule has 0 radical (unpaired) electrons. The van der Waals surface area contributed by atoms with Gasteiger partial charge in [-0.05, 0) is 30.4 Å². The van der Waals surface area contributed by atoms with Gasteiger partial charge >= 0.3 is 0 Å². The number of hydrogen-bond acceptors (Lipinski definition) is 2. The summed E-state index contributed by atoms with van der Waals surface area (Å²) in [7, 11) is -3.37. The molecule has 0 atom stereocenters. The van der Waals surface area contributed by atoms with E-state index in [1.165, 1.54) is 0 Å². The molecule has 0 aromatic heterocycles. The second-order valence-electron chi connectivity index (χ2n) is 4.27. The summed E-state index contributed by atoms with van der Waals surface area (Å²) >= 11 is 5.80. The topological polar surface area (TPSA) is 46.2 Å². The highest BCUT2D eigenvalue weighted by Gasteiger charge is 2.42. The Labute approximate surface area is 101 Å². The molecule has 1 saturated carbocycles. The minimum Gasteiger partial charge on any atom is -0.211 e. The lowest BCUT2D eigenvalue weighted by Gasteiger charge is -2.12. The van der Waals surface area contributed by atoms with Gasteiger partial charge in [-0.15, -0.1) is 11.6 Å². The smallest absolute Gasteiger partial charge is 0.211 e. The molecule has 0 aliphatic heterocycles. The molecule has 1 aliphatic carbocycles. The van der Waals surface area contributed by atoms with E-state index in [0.29, 0.717) is 17.3 Å². The molecular formula is C11H14ClNO2S. The monoisotopic (exact) mass is 259 g/mol. The summed E-state index contributed by atoms with van der Waals surface area (Å²) in [6.07, 6.45) is 2.02. The van der Waals surface area contributed by atoms with E-state index in [2.05, 4.69) is 4.72 Å². The molecule has 0 bridgehead atoms. The molecule has 3 nitrogen and oxygen atoms in total. The zero-order valence-corrected chi connectivity index (χ0v) is 10.4. The molecule has 5 heteroatoms. The van der Waals surface area contributed by atoms with Gasteiger partial charge in [-0.3, -0.25) is 0 Å². The predicted molar refractivity (Wildman–Crippen MR) is 64.0 cm³/mol. The first-order chi connectivity index (χ1) is 7.58. The maximum atomic E-state index is 11.9. The Balaban J connectivity index is 2.04. The fraction of sp³-hybridized carbons (Fsp3) is 0.455. The fourth-order valence-electron chi connectivity index (χ4n) is 1.47. The summed E-state index contributed by atoms with van der Waals surface area (Å²) in [5.41, 5.74) is 0.00338. The molecule has 1 aromatic rings. The van der Waals surface area contributed by atoms with Crippen molar-refractivity contribution < 1.29 is 8.42 Å². The fourth-order valence-corrected chi connectivity index (χ4v) is 3.01. The van der Waals surface area contributed by atoms with Gasteiger partial charge in [0.15, 0.2) is 0 Å². The van der Waals surface area contributed by atoms with Crippen molar-refractivity contribution in [2.24, 2.45) is 5.41 Å². The molecule has 0 saturated heterocycles. The van der Waals surface area contributed by atoms with Crippen LogP contribution in [0.25, 0.3) is 0 Å². The Bertz CT molecular complexity index is 454. The zero-order chi connectivity index (χ0) is 11.6. The minimum atomic E-state index is -3.37. The Morgan fingerprint density at radius 3 is 2.38 bits per heavy atom. The van der Waals surface area contributed by atoms with Gasteiger partial charge in [0, 0.05) is 12.4 Å². The molecule has 1 aromatic carbocycles. The summed E-state index contributed by atoms with van der Waals surface area (Å²) in [4.78, 5) is 0.306. The van der Waals surface area contributed by atoms with E-state index in [0.717, 1.165) is 12.8 Å². The molecule has 0 amide bonds. The number of nitrogens with one attached hydrogen (secondary N) is 1. The van der Waals surface area contributed by atoms with E-state index in [4.69, 9.17) is 11.6 Å². The van der Waals surface area contributed by atoms with E-state index >= 15 is 0 Å². The SMILES string of the molecule is O=S(=O)(NCC1(CCl)CC1)c1ccccc1. The lowest BCUT2D eigenvalue weighted by atomic mass is 10.1. The van der Waals surface area contributed by atoms with Crippen molar-refractivity contribution in [2.45, 2.75) is 17.7 Å². The second-order valence-corrected chi connectivity index (χ2v) is 6.31. The highest BCUT2D eigenvalue weighted by atomic mass is 35.5. The molecule has 0 spiro atoms. The van der Waals surface area contributed by atoms with Gasteiger partial charge in [-0.1, -0.05) is 18.2 Å². The van der Waals surface area contributed by atoms with Crippen LogP contribution in [-0.4, -0.2) is 20.8 Å². The lowest BCUT2D eigenvalue weighted by molar-refractivity contribution is 0.534. The van der Waals surface area contributed by atoms with Gasteiger partial charge in [-0.25, -0.2) is 13.1 Å². The van der Waals surface area contributed by atoms with Crippen LogP contribution in [0.4, 0.5) is 0 Å². The molecule has 16 heavy (non-hydrogen) atoms. The van der Waals surface area contributed by atoms with Gasteiger partial charge in [-0.2, -0.15) is 0 Å². The van der Waals surface area contributed by atoms with E-state index in [-0.39, 0.29) is 5.41 Å². The van der Waals surface area contributed by atoms with Gasteiger partial charge in [0.2, 0.25) is 10.0 Å². The second kappa shape index (κ2) is 4.35. The molecule has 0 unspecified atom stereocenters. The quantitative estimate of drug-likeness (QED) is 0.822. The Kier molecular flexibility index (Phi) is 3.24. The van der Waals surface area contributed by atoms with Gasteiger partial charge in [0.1, 0.15) is 0 Å². The number of benzene rings is 1. The third kappa shape index (κ3) is 2.56. The number of halogens is 1. The van der Waals surface area contributed by atoms with Crippen LogP contribution in [0.1, 0.15) is 12.8 Å². The largest absolute Gasteiger partial charge is 0.240 e. The highest BCUT2D eigenvalue weighted by Crippen LogP contribution is 2.46. The van der Waals surface area contributed by atoms with Gasteiger partial charge in [0.05, 0.1) is 4.90 Å². The molecule has 88 valence electrons. The van der Waals surface area contributed by atoms with Crippen LogP contribution in [0.15, 0.2) is 35.2 Å². The first-order valence-corrected chi connectivity index (χ1v) is 7.20. The molecule has 1 aliphatic rings. The van der Waals surface area contributed by atoms with Crippen molar-refractivity contribution in [3.05, 3.63) is 30.3 Å². The summed E-state index contributed by atoms with van der Waals surface area (Å²) < 4.78 is 26.4. The average Bonchev–Trinajstić information content (AvgIpc) is 3.09. The Morgan fingerprint density at radius 1 is 1.25 bits per heavy atom. The van der Waals surface area contributed by atoms with Crippen molar-refractivity contribution in [3.63, 3.8) is 0 Å². The van der Waals surface area contributed by atoms with Crippen molar-refractivity contribution >= 4 is 21.6 Å². The first kappa shape index (κ1) is 11.9. The van der Waals surface area contributed by atoms with Gasteiger partial charge < -0.3 is 0 Å². The van der Waals surface area contributed by atoms with E-state index < -0.39 is 10.0 Å². The maximum Gasteiger partial charge on any atom is 0.240 e.